The average Bonchev–Trinajstić information content (AvgIpc) is 3.27. The molecule has 1 aliphatic rings. The first kappa shape index (κ1) is 19.6. The van der Waals surface area contributed by atoms with Crippen molar-refractivity contribution >= 4 is 29.7 Å². The quantitative estimate of drug-likeness (QED) is 0.254. The third kappa shape index (κ3) is 3.93. The van der Waals surface area contributed by atoms with Gasteiger partial charge < -0.3 is 19.2 Å². The number of nitro groups is 1. The van der Waals surface area contributed by atoms with Crippen LogP contribution in [0.25, 0.3) is 17.4 Å². The summed E-state index contributed by atoms with van der Waals surface area (Å²) in [6.45, 7) is -0.521. The molecule has 0 atom stereocenters. The summed E-state index contributed by atoms with van der Waals surface area (Å²) in [5.41, 5.74) is 0.111. The molecule has 0 saturated carbocycles. The van der Waals surface area contributed by atoms with Crippen LogP contribution >= 0.6 is 0 Å². The lowest BCUT2D eigenvalue weighted by molar-refractivity contribution is -0.384. The normalized spacial score (nSPS) is 14.8. The van der Waals surface area contributed by atoms with Gasteiger partial charge >= 0.3 is 12.0 Å². The number of nitrogens with one attached hydrogen (secondary N) is 1. The zero-order chi connectivity index (χ0) is 21.1. The molecule has 1 fully saturated rings. The number of urea groups is 1. The molecule has 3 amide bonds. The Balaban J connectivity index is 1.89. The number of carbonyl (C=O) groups excluding carboxylic acids is 3. The number of methoxy groups -OCH3 is 2. The maximum absolute atomic E-state index is 12.3. The number of hydrogen-bond donors (Lipinski definition) is 1. The van der Waals surface area contributed by atoms with E-state index in [-0.39, 0.29) is 22.9 Å². The molecule has 2 aromatic rings. The fraction of sp³-hybridized carbons (Fsp3) is 0.167. The van der Waals surface area contributed by atoms with E-state index in [0.29, 0.717) is 16.2 Å². The van der Waals surface area contributed by atoms with Crippen molar-refractivity contribution in [3.05, 3.63) is 51.9 Å². The summed E-state index contributed by atoms with van der Waals surface area (Å²) in [4.78, 5) is 46.7. The van der Waals surface area contributed by atoms with Crippen molar-refractivity contribution in [3.63, 3.8) is 0 Å². The van der Waals surface area contributed by atoms with E-state index in [4.69, 9.17) is 9.15 Å². The number of furan rings is 1. The van der Waals surface area contributed by atoms with Gasteiger partial charge in [0, 0.05) is 18.2 Å². The molecule has 0 radical (unpaired) electrons. The van der Waals surface area contributed by atoms with Crippen molar-refractivity contribution < 1.29 is 33.2 Å². The summed E-state index contributed by atoms with van der Waals surface area (Å²) >= 11 is 0. The van der Waals surface area contributed by atoms with Crippen molar-refractivity contribution in [1.29, 1.82) is 0 Å². The Morgan fingerprint density at radius 1 is 1.28 bits per heavy atom. The molecule has 11 nitrogen and oxygen atoms in total. The molecule has 1 N–H and O–H groups in total. The predicted octanol–water partition coefficient (Wildman–Crippen LogP) is 1.93. The van der Waals surface area contributed by atoms with E-state index in [2.05, 4.69) is 10.1 Å². The summed E-state index contributed by atoms with van der Waals surface area (Å²) in [7, 11) is 2.56. The van der Waals surface area contributed by atoms with Crippen LogP contribution in [0.2, 0.25) is 0 Å². The van der Waals surface area contributed by atoms with Gasteiger partial charge in [-0.15, -0.1) is 0 Å². The first-order valence-corrected chi connectivity index (χ1v) is 8.18. The second kappa shape index (κ2) is 7.84. The highest BCUT2D eigenvalue weighted by molar-refractivity contribution is 6.15. The maximum Gasteiger partial charge on any atom is 0.329 e. The number of benzene rings is 1. The maximum atomic E-state index is 12.3. The molecule has 150 valence electrons. The van der Waals surface area contributed by atoms with E-state index in [1.54, 1.807) is 6.07 Å². The summed E-state index contributed by atoms with van der Waals surface area (Å²) in [6.07, 6.45) is 1.28. The molecule has 0 bridgehead atoms. The van der Waals surface area contributed by atoms with Crippen LogP contribution in [0.5, 0.6) is 5.75 Å². The molecule has 0 unspecified atom stereocenters. The van der Waals surface area contributed by atoms with Crippen LogP contribution in [0.15, 0.2) is 40.4 Å². The Morgan fingerprint density at radius 3 is 2.69 bits per heavy atom. The minimum absolute atomic E-state index is 0.0918. The number of rotatable bonds is 6. The summed E-state index contributed by atoms with van der Waals surface area (Å²) in [5.74, 6) is -0.629. The third-order valence-corrected chi connectivity index (χ3v) is 4.05. The number of imide groups is 1. The van der Waals surface area contributed by atoms with Crippen LogP contribution < -0.4 is 10.1 Å². The highest BCUT2D eigenvalue weighted by Gasteiger charge is 2.35. The molecule has 0 spiro atoms. The van der Waals surface area contributed by atoms with Gasteiger partial charge in [0.1, 0.15) is 29.5 Å². The molecule has 1 aromatic heterocycles. The van der Waals surface area contributed by atoms with Crippen LogP contribution in [0.1, 0.15) is 5.76 Å². The van der Waals surface area contributed by atoms with Crippen LogP contribution in [-0.4, -0.2) is 48.5 Å². The number of esters is 1. The SMILES string of the molecule is COC(=O)CN1C(=O)N/C(=C/c2ccc(-c3cc([N+](=O)[O-])ccc3OC)o2)C1=O. The lowest BCUT2D eigenvalue weighted by Gasteiger charge is -2.08. The van der Waals surface area contributed by atoms with E-state index in [9.17, 15) is 24.5 Å². The Hall–Kier alpha value is -4.15. The number of carbonyl (C=O) groups is 3. The molecule has 2 heterocycles. The molecule has 1 aromatic carbocycles. The standard InChI is InChI=1S/C18H15N3O8/c1-27-14-5-3-10(21(25)26)7-12(14)15-6-4-11(29-15)8-13-17(23)20(18(24)19-13)9-16(22)28-2/h3-8H,9H2,1-2H3,(H,19,24)/b13-8+. The van der Waals surface area contributed by atoms with Crippen molar-refractivity contribution in [2.45, 2.75) is 0 Å². The average molecular weight is 401 g/mol. The highest BCUT2D eigenvalue weighted by Crippen LogP contribution is 2.34. The van der Waals surface area contributed by atoms with Gasteiger partial charge in [0.2, 0.25) is 0 Å². The van der Waals surface area contributed by atoms with Crippen LogP contribution in [0, 0.1) is 10.1 Å². The molecule has 1 aliphatic heterocycles. The van der Waals surface area contributed by atoms with Gasteiger partial charge in [0.05, 0.1) is 24.7 Å². The van der Waals surface area contributed by atoms with Gasteiger partial charge in [0.25, 0.3) is 11.6 Å². The molecule has 29 heavy (non-hydrogen) atoms. The third-order valence-electron chi connectivity index (χ3n) is 4.05. The first-order valence-electron chi connectivity index (χ1n) is 8.18. The Bertz CT molecular complexity index is 1040. The number of hydrogen-bond acceptors (Lipinski definition) is 8. The minimum Gasteiger partial charge on any atom is -0.496 e. The fourth-order valence-corrected chi connectivity index (χ4v) is 2.63. The Morgan fingerprint density at radius 2 is 2.03 bits per heavy atom. The second-order valence-electron chi connectivity index (χ2n) is 5.80. The van der Waals surface area contributed by atoms with E-state index < -0.39 is 29.4 Å². The fourth-order valence-electron chi connectivity index (χ4n) is 2.63. The van der Waals surface area contributed by atoms with Crippen molar-refractivity contribution in [2.75, 3.05) is 20.8 Å². The van der Waals surface area contributed by atoms with Crippen LogP contribution in [0.4, 0.5) is 10.5 Å². The number of nitro benzene ring substituents is 1. The lowest BCUT2D eigenvalue weighted by atomic mass is 10.1. The minimum atomic E-state index is -0.765. The topological polar surface area (TPSA) is 141 Å². The van der Waals surface area contributed by atoms with E-state index in [1.807, 2.05) is 0 Å². The van der Waals surface area contributed by atoms with Crippen molar-refractivity contribution in [3.8, 4) is 17.1 Å². The molecular weight excluding hydrogens is 386 g/mol. The summed E-state index contributed by atoms with van der Waals surface area (Å²) in [6, 6.07) is 6.34. The Labute approximate surface area is 163 Å². The zero-order valence-corrected chi connectivity index (χ0v) is 15.3. The smallest absolute Gasteiger partial charge is 0.329 e. The molecule has 1 saturated heterocycles. The lowest BCUT2D eigenvalue weighted by Crippen LogP contribution is -2.36. The second-order valence-corrected chi connectivity index (χ2v) is 5.80. The highest BCUT2D eigenvalue weighted by atomic mass is 16.6. The molecule has 11 heteroatoms. The van der Waals surface area contributed by atoms with E-state index >= 15 is 0 Å². The van der Waals surface area contributed by atoms with Gasteiger partial charge in [-0.3, -0.25) is 19.7 Å². The van der Waals surface area contributed by atoms with Gasteiger partial charge in [0.15, 0.2) is 0 Å². The molecule has 0 aliphatic carbocycles. The van der Waals surface area contributed by atoms with Crippen molar-refractivity contribution in [2.24, 2.45) is 0 Å². The number of amides is 3. The van der Waals surface area contributed by atoms with E-state index in [0.717, 1.165) is 7.11 Å². The van der Waals surface area contributed by atoms with Crippen LogP contribution in [0.3, 0.4) is 0 Å². The van der Waals surface area contributed by atoms with E-state index in [1.165, 1.54) is 37.5 Å². The monoisotopic (exact) mass is 401 g/mol. The predicted molar refractivity (Wildman–Crippen MR) is 97.6 cm³/mol. The van der Waals surface area contributed by atoms with Gasteiger partial charge in [-0.2, -0.15) is 0 Å². The van der Waals surface area contributed by atoms with Gasteiger partial charge in [-0.1, -0.05) is 0 Å². The van der Waals surface area contributed by atoms with Gasteiger partial charge in [-0.05, 0) is 18.2 Å². The van der Waals surface area contributed by atoms with Crippen molar-refractivity contribution in [1.82, 2.24) is 10.2 Å². The zero-order valence-electron chi connectivity index (χ0n) is 15.3. The van der Waals surface area contributed by atoms with Gasteiger partial charge in [-0.25, -0.2) is 9.69 Å². The van der Waals surface area contributed by atoms with Crippen LogP contribution in [-0.2, 0) is 14.3 Å². The summed E-state index contributed by atoms with van der Waals surface area (Å²) in [5, 5.41) is 13.4. The summed E-state index contributed by atoms with van der Waals surface area (Å²) < 4.78 is 15.3. The number of non-ortho nitro benzene ring substituents is 1. The number of ether oxygens (including phenoxy) is 2. The Kier molecular flexibility index (Phi) is 5.30. The molecule has 3 rings (SSSR count). The number of nitrogens with zero attached hydrogens (tertiary/aromatic N) is 2. The first-order chi connectivity index (χ1) is 13.8. The largest absolute Gasteiger partial charge is 0.496 e. The molecular formula is C18H15N3O8.